The average molecular weight is 499 g/mol. The van der Waals surface area contributed by atoms with Crippen LogP contribution in [0.1, 0.15) is 123 Å². The summed E-state index contributed by atoms with van der Waals surface area (Å²) < 4.78 is 0. The minimum absolute atomic E-state index is 0.621. The topological polar surface area (TPSA) is 0 Å². The van der Waals surface area contributed by atoms with Crippen LogP contribution < -0.4 is 0 Å². The van der Waals surface area contributed by atoms with Crippen molar-refractivity contribution in [3.63, 3.8) is 0 Å². The highest BCUT2D eigenvalue weighted by atomic mass is 14.3. The van der Waals surface area contributed by atoms with E-state index in [1.165, 1.54) is 51.1 Å². The van der Waals surface area contributed by atoms with Gasteiger partial charge < -0.3 is 0 Å². The maximum absolute atomic E-state index is 2.33. The molecule has 0 amide bonds. The molecule has 0 saturated carbocycles. The number of rotatable bonds is 2. The predicted molar refractivity (Wildman–Crippen MR) is 171 cm³/mol. The molecule has 3 unspecified atom stereocenters. The van der Waals surface area contributed by atoms with Crippen molar-refractivity contribution in [1.82, 2.24) is 0 Å². The van der Waals surface area contributed by atoms with Gasteiger partial charge in [-0.3, -0.25) is 0 Å². The maximum atomic E-state index is 2.33. The number of hydrogen-bond donors (Lipinski definition) is 0. The van der Waals surface area contributed by atoms with Crippen LogP contribution in [0, 0.1) is 5.92 Å². The minimum atomic E-state index is 0.621. The normalized spacial score (nSPS) is 15.8. The van der Waals surface area contributed by atoms with E-state index in [9.17, 15) is 0 Å². The van der Waals surface area contributed by atoms with E-state index in [4.69, 9.17) is 0 Å². The summed E-state index contributed by atoms with van der Waals surface area (Å²) in [4.78, 5) is 0. The van der Waals surface area contributed by atoms with Crippen molar-refractivity contribution >= 4 is 21.5 Å². The second kappa shape index (κ2) is 17.0. The molecule has 0 saturated heterocycles. The van der Waals surface area contributed by atoms with E-state index < -0.39 is 0 Å². The van der Waals surface area contributed by atoms with Crippen LogP contribution in [0.2, 0.25) is 0 Å². The van der Waals surface area contributed by atoms with Crippen LogP contribution in [0.3, 0.4) is 0 Å². The lowest BCUT2D eigenvalue weighted by Gasteiger charge is -2.18. The summed E-state index contributed by atoms with van der Waals surface area (Å²) in [6.07, 6.45) is 2.50. The van der Waals surface area contributed by atoms with Crippen molar-refractivity contribution in [2.45, 2.75) is 107 Å². The van der Waals surface area contributed by atoms with Crippen LogP contribution in [0.25, 0.3) is 21.5 Å². The fourth-order valence-electron chi connectivity index (χ4n) is 4.70. The van der Waals surface area contributed by atoms with Crippen LogP contribution in [-0.2, 0) is 0 Å². The number of hydrogen-bond acceptors (Lipinski definition) is 0. The van der Waals surface area contributed by atoms with Gasteiger partial charge >= 0.3 is 0 Å². The molecule has 3 atom stereocenters. The second-order valence-corrected chi connectivity index (χ2v) is 10.4. The molecule has 1 aliphatic carbocycles. The fourth-order valence-corrected chi connectivity index (χ4v) is 4.70. The van der Waals surface area contributed by atoms with Crippen LogP contribution in [0.5, 0.6) is 0 Å². The number of benzene rings is 4. The molecule has 0 nitrogen and oxygen atoms in total. The van der Waals surface area contributed by atoms with Gasteiger partial charge in [0.2, 0.25) is 0 Å². The van der Waals surface area contributed by atoms with Gasteiger partial charge in [0.25, 0.3) is 0 Å². The first-order valence-electron chi connectivity index (χ1n) is 14.8. The van der Waals surface area contributed by atoms with Gasteiger partial charge in [0.1, 0.15) is 0 Å². The molecule has 0 radical (unpaired) electrons. The molecular formula is C37H54. The first kappa shape index (κ1) is 32.4. The number of fused-ring (bicyclic) bond motifs is 1. The Morgan fingerprint density at radius 3 is 1.46 bits per heavy atom. The summed E-state index contributed by atoms with van der Waals surface area (Å²) in [5.41, 5.74) is 4.54. The Hall–Kier alpha value is -2.60. The summed E-state index contributed by atoms with van der Waals surface area (Å²) in [6.45, 7) is 24.0. The van der Waals surface area contributed by atoms with Crippen LogP contribution in [0.4, 0.5) is 0 Å². The standard InChI is InChI=1S/C15H18.C14H14.2C3H8.C2H6/c1-11(2)12(3)14-10-6-8-13-7-4-5-9-15(13)14;1-9-10(2)13-8-4-6-11-5-3-7-12(9)14(11)13;2*1-3-2;1-2/h4-12H,1-3H3;3-10H,1-2H3;2*3H2,1-2H3;1-2H3. The van der Waals surface area contributed by atoms with Crippen LogP contribution in [0.15, 0.2) is 78.9 Å². The smallest absolute Gasteiger partial charge is 0.0114 e. The van der Waals surface area contributed by atoms with Crippen molar-refractivity contribution < 1.29 is 0 Å². The van der Waals surface area contributed by atoms with Crippen molar-refractivity contribution in [3.8, 4) is 0 Å². The Morgan fingerprint density at radius 2 is 0.973 bits per heavy atom. The van der Waals surface area contributed by atoms with Crippen molar-refractivity contribution in [2.75, 3.05) is 0 Å². The molecule has 0 heterocycles. The lowest BCUT2D eigenvalue weighted by molar-refractivity contribution is 0.538. The Labute approximate surface area is 229 Å². The highest BCUT2D eigenvalue weighted by molar-refractivity contribution is 5.92. The molecule has 4 aromatic rings. The third kappa shape index (κ3) is 8.46. The predicted octanol–water partition coefficient (Wildman–Crippen LogP) is 12.5. The third-order valence-corrected chi connectivity index (χ3v) is 7.01. The van der Waals surface area contributed by atoms with Crippen LogP contribution in [-0.4, -0.2) is 0 Å². The van der Waals surface area contributed by atoms with Gasteiger partial charge in [-0.05, 0) is 61.9 Å². The molecule has 0 heteroatoms. The summed E-state index contributed by atoms with van der Waals surface area (Å²) in [6, 6.07) is 28.6. The molecule has 0 bridgehead atoms. The average Bonchev–Trinajstić information content (AvgIpc) is 3.17. The Kier molecular flexibility index (Phi) is 14.9. The zero-order valence-corrected chi connectivity index (χ0v) is 25.7. The Morgan fingerprint density at radius 1 is 0.568 bits per heavy atom. The molecule has 1 aliphatic rings. The van der Waals surface area contributed by atoms with Crippen LogP contribution >= 0.6 is 0 Å². The van der Waals surface area contributed by atoms with Crippen molar-refractivity contribution in [2.24, 2.45) is 5.92 Å². The molecule has 0 aliphatic heterocycles. The minimum Gasteiger partial charge on any atom is -0.0683 e. The SMILES string of the molecule is CC.CC(C)C(C)c1cccc2ccccc12.CC1c2cccc3cccc(c23)C1C.CCC.CCC. The van der Waals surface area contributed by atoms with Gasteiger partial charge in [-0.2, -0.15) is 0 Å². The molecule has 202 valence electrons. The summed E-state index contributed by atoms with van der Waals surface area (Å²) in [5.74, 6) is 2.67. The van der Waals surface area contributed by atoms with Gasteiger partial charge in [0.15, 0.2) is 0 Å². The molecule has 0 N–H and O–H groups in total. The highest BCUT2D eigenvalue weighted by Crippen LogP contribution is 2.45. The molecule has 0 aromatic heterocycles. The zero-order chi connectivity index (χ0) is 28.0. The van der Waals surface area contributed by atoms with E-state index in [-0.39, 0.29) is 0 Å². The summed E-state index contributed by atoms with van der Waals surface area (Å²) >= 11 is 0. The fraction of sp³-hybridized carbons (Fsp3) is 0.459. The maximum Gasteiger partial charge on any atom is -0.0114 e. The van der Waals surface area contributed by atoms with Crippen molar-refractivity contribution in [3.05, 3.63) is 95.6 Å². The van der Waals surface area contributed by atoms with Gasteiger partial charge in [-0.15, -0.1) is 0 Å². The van der Waals surface area contributed by atoms with Gasteiger partial charge in [0, 0.05) is 0 Å². The molecule has 4 aromatic carbocycles. The molecule has 37 heavy (non-hydrogen) atoms. The quantitative estimate of drug-likeness (QED) is 0.258. The van der Waals surface area contributed by atoms with E-state index in [0.717, 1.165) is 0 Å². The van der Waals surface area contributed by atoms with Gasteiger partial charge in [0.05, 0.1) is 0 Å². The molecule has 0 fully saturated rings. The molecule has 0 spiro atoms. The monoisotopic (exact) mass is 498 g/mol. The van der Waals surface area contributed by atoms with E-state index in [0.29, 0.717) is 23.7 Å². The lowest BCUT2D eigenvalue weighted by atomic mass is 9.87. The van der Waals surface area contributed by atoms with E-state index in [1.807, 2.05) is 13.8 Å². The lowest BCUT2D eigenvalue weighted by Crippen LogP contribution is -2.02. The molecular weight excluding hydrogens is 444 g/mol. The van der Waals surface area contributed by atoms with E-state index in [2.05, 4.69) is 141 Å². The largest absolute Gasteiger partial charge is 0.0683 e. The first-order valence-corrected chi connectivity index (χ1v) is 14.8. The highest BCUT2D eigenvalue weighted by Gasteiger charge is 2.27. The van der Waals surface area contributed by atoms with Gasteiger partial charge in [-0.25, -0.2) is 0 Å². The summed E-state index contributed by atoms with van der Waals surface area (Å²) in [7, 11) is 0. The third-order valence-electron chi connectivity index (χ3n) is 7.01. The Balaban J connectivity index is 0.000000290. The van der Waals surface area contributed by atoms with E-state index >= 15 is 0 Å². The second-order valence-electron chi connectivity index (χ2n) is 10.4. The Bertz CT molecular complexity index is 1120. The first-order chi connectivity index (χ1) is 17.8. The zero-order valence-electron chi connectivity index (χ0n) is 25.7. The van der Waals surface area contributed by atoms with Gasteiger partial charge in [-0.1, -0.05) is 168 Å². The summed E-state index contributed by atoms with van der Waals surface area (Å²) in [5, 5.41) is 5.66. The van der Waals surface area contributed by atoms with Crippen molar-refractivity contribution in [1.29, 1.82) is 0 Å². The molecule has 5 rings (SSSR count). The van der Waals surface area contributed by atoms with E-state index in [1.54, 1.807) is 0 Å².